The molecule has 0 radical (unpaired) electrons. The molecule has 0 heterocycles. The lowest BCUT2D eigenvalue weighted by Crippen LogP contribution is -2.18. The number of ether oxygens (including phenoxy) is 1. The first-order valence-electron chi connectivity index (χ1n) is 7.06. The Bertz CT molecular complexity index is 659. The van der Waals surface area contributed by atoms with E-state index in [1.165, 1.54) is 17.2 Å². The molecule has 0 saturated carbocycles. The standard InChI is InChI=1S/C17H17ClFNO/c1-21-13-7-5-11-3-2-4-16(14(11)10-13)20-17-8-6-12(18)9-15(17)19/h5-10,16,20H,2-4H2,1H3. The zero-order valence-electron chi connectivity index (χ0n) is 11.8. The molecule has 2 aromatic rings. The SMILES string of the molecule is COc1ccc2c(c1)C(Nc1ccc(Cl)cc1F)CCC2. The average molecular weight is 306 g/mol. The molecule has 3 rings (SSSR count). The summed E-state index contributed by atoms with van der Waals surface area (Å²) in [6.07, 6.45) is 3.12. The predicted octanol–water partition coefficient (Wildman–Crippen LogP) is 4.98. The van der Waals surface area contributed by atoms with Crippen molar-refractivity contribution in [3.05, 3.63) is 58.4 Å². The molecule has 110 valence electrons. The summed E-state index contributed by atoms with van der Waals surface area (Å²) in [5.74, 6) is 0.511. The van der Waals surface area contributed by atoms with Gasteiger partial charge in [-0.05, 0) is 60.7 Å². The van der Waals surface area contributed by atoms with Crippen LogP contribution >= 0.6 is 11.6 Å². The molecule has 4 heteroatoms. The molecule has 1 aliphatic rings. The molecule has 0 aromatic heterocycles. The fourth-order valence-electron chi connectivity index (χ4n) is 2.85. The van der Waals surface area contributed by atoms with Gasteiger partial charge in [-0.15, -0.1) is 0 Å². The molecule has 2 aromatic carbocycles. The fourth-order valence-corrected chi connectivity index (χ4v) is 3.01. The molecular weight excluding hydrogens is 289 g/mol. The maximum absolute atomic E-state index is 14.0. The van der Waals surface area contributed by atoms with Gasteiger partial charge in [-0.3, -0.25) is 0 Å². The molecule has 1 atom stereocenters. The number of nitrogens with one attached hydrogen (secondary N) is 1. The van der Waals surface area contributed by atoms with Crippen LogP contribution in [-0.2, 0) is 6.42 Å². The van der Waals surface area contributed by atoms with Crippen molar-refractivity contribution in [2.45, 2.75) is 25.3 Å². The summed E-state index contributed by atoms with van der Waals surface area (Å²) in [5.41, 5.74) is 2.98. The lowest BCUT2D eigenvalue weighted by atomic mass is 9.87. The van der Waals surface area contributed by atoms with Crippen LogP contribution in [0.4, 0.5) is 10.1 Å². The van der Waals surface area contributed by atoms with Crippen molar-refractivity contribution in [3.8, 4) is 5.75 Å². The molecule has 0 spiro atoms. The number of fused-ring (bicyclic) bond motifs is 1. The zero-order chi connectivity index (χ0) is 14.8. The van der Waals surface area contributed by atoms with Gasteiger partial charge in [0.1, 0.15) is 11.6 Å². The number of rotatable bonds is 3. The molecule has 0 bridgehead atoms. The van der Waals surface area contributed by atoms with Crippen LogP contribution in [0.5, 0.6) is 5.75 Å². The van der Waals surface area contributed by atoms with Gasteiger partial charge >= 0.3 is 0 Å². The van der Waals surface area contributed by atoms with Crippen molar-refractivity contribution in [1.82, 2.24) is 0 Å². The van der Waals surface area contributed by atoms with E-state index in [1.807, 2.05) is 12.1 Å². The number of halogens is 2. The van der Waals surface area contributed by atoms with E-state index in [2.05, 4.69) is 11.4 Å². The lowest BCUT2D eigenvalue weighted by molar-refractivity contribution is 0.413. The third-order valence-corrected chi connectivity index (χ3v) is 4.16. The average Bonchev–Trinajstić information content (AvgIpc) is 2.50. The third kappa shape index (κ3) is 2.98. The molecule has 0 saturated heterocycles. The smallest absolute Gasteiger partial charge is 0.147 e. The number of anilines is 1. The highest BCUT2D eigenvalue weighted by molar-refractivity contribution is 6.30. The summed E-state index contributed by atoms with van der Waals surface area (Å²) in [4.78, 5) is 0. The summed E-state index contributed by atoms with van der Waals surface area (Å²) in [7, 11) is 1.66. The number of methoxy groups -OCH3 is 1. The maximum Gasteiger partial charge on any atom is 0.147 e. The van der Waals surface area contributed by atoms with Gasteiger partial charge in [-0.2, -0.15) is 0 Å². The number of aryl methyl sites for hydroxylation is 1. The normalized spacial score (nSPS) is 17.2. The maximum atomic E-state index is 14.0. The Balaban J connectivity index is 1.90. The van der Waals surface area contributed by atoms with Gasteiger partial charge in [-0.25, -0.2) is 4.39 Å². The molecule has 1 unspecified atom stereocenters. The second-order valence-electron chi connectivity index (χ2n) is 5.28. The quantitative estimate of drug-likeness (QED) is 0.863. The van der Waals surface area contributed by atoms with Crippen LogP contribution < -0.4 is 10.1 Å². The Kier molecular flexibility index (Phi) is 4.02. The van der Waals surface area contributed by atoms with Crippen LogP contribution in [0.2, 0.25) is 5.02 Å². The summed E-state index contributed by atoms with van der Waals surface area (Å²) in [6, 6.07) is 10.9. The minimum Gasteiger partial charge on any atom is -0.497 e. The van der Waals surface area contributed by atoms with Gasteiger partial charge in [0.2, 0.25) is 0 Å². The van der Waals surface area contributed by atoms with Crippen LogP contribution in [0.3, 0.4) is 0 Å². The highest BCUT2D eigenvalue weighted by Crippen LogP contribution is 2.35. The van der Waals surface area contributed by atoms with E-state index in [4.69, 9.17) is 16.3 Å². The van der Waals surface area contributed by atoms with Crippen molar-refractivity contribution in [2.75, 3.05) is 12.4 Å². The second kappa shape index (κ2) is 5.94. The number of hydrogen-bond acceptors (Lipinski definition) is 2. The molecular formula is C17H17ClFNO. The summed E-state index contributed by atoms with van der Waals surface area (Å²) >= 11 is 5.80. The van der Waals surface area contributed by atoms with Crippen LogP contribution in [0.25, 0.3) is 0 Å². The van der Waals surface area contributed by atoms with E-state index < -0.39 is 0 Å². The van der Waals surface area contributed by atoms with Crippen molar-refractivity contribution in [1.29, 1.82) is 0 Å². The van der Waals surface area contributed by atoms with E-state index >= 15 is 0 Å². The minimum atomic E-state index is -0.322. The Morgan fingerprint density at radius 1 is 1.24 bits per heavy atom. The van der Waals surface area contributed by atoms with Gasteiger partial charge in [-0.1, -0.05) is 17.7 Å². The molecule has 2 nitrogen and oxygen atoms in total. The van der Waals surface area contributed by atoms with Gasteiger partial charge in [0, 0.05) is 5.02 Å². The molecule has 1 N–H and O–H groups in total. The zero-order valence-corrected chi connectivity index (χ0v) is 12.6. The van der Waals surface area contributed by atoms with Crippen LogP contribution in [0.15, 0.2) is 36.4 Å². The van der Waals surface area contributed by atoms with E-state index in [1.54, 1.807) is 19.2 Å². The Morgan fingerprint density at radius 2 is 2.10 bits per heavy atom. The highest BCUT2D eigenvalue weighted by atomic mass is 35.5. The van der Waals surface area contributed by atoms with Crippen LogP contribution in [0.1, 0.15) is 30.0 Å². The Morgan fingerprint density at radius 3 is 2.86 bits per heavy atom. The van der Waals surface area contributed by atoms with E-state index in [0.717, 1.165) is 25.0 Å². The molecule has 21 heavy (non-hydrogen) atoms. The summed E-state index contributed by atoms with van der Waals surface area (Å²) in [5, 5.41) is 3.70. The topological polar surface area (TPSA) is 21.3 Å². The Labute approximate surface area is 128 Å². The Hall–Kier alpha value is -1.74. The molecule has 0 fully saturated rings. The van der Waals surface area contributed by atoms with Crippen molar-refractivity contribution >= 4 is 17.3 Å². The first-order chi connectivity index (χ1) is 10.2. The first-order valence-corrected chi connectivity index (χ1v) is 7.43. The summed E-state index contributed by atoms with van der Waals surface area (Å²) < 4.78 is 19.3. The van der Waals surface area contributed by atoms with Crippen molar-refractivity contribution in [2.24, 2.45) is 0 Å². The van der Waals surface area contributed by atoms with E-state index in [-0.39, 0.29) is 11.9 Å². The molecule has 1 aliphatic carbocycles. The van der Waals surface area contributed by atoms with E-state index in [0.29, 0.717) is 10.7 Å². The van der Waals surface area contributed by atoms with Gasteiger partial charge < -0.3 is 10.1 Å². The van der Waals surface area contributed by atoms with E-state index in [9.17, 15) is 4.39 Å². The summed E-state index contributed by atoms with van der Waals surface area (Å²) in [6.45, 7) is 0. The largest absolute Gasteiger partial charge is 0.497 e. The fraction of sp³-hybridized carbons (Fsp3) is 0.294. The second-order valence-corrected chi connectivity index (χ2v) is 5.71. The number of hydrogen-bond donors (Lipinski definition) is 1. The predicted molar refractivity (Wildman–Crippen MR) is 83.7 cm³/mol. The molecule has 0 amide bonds. The van der Waals surface area contributed by atoms with Crippen LogP contribution in [-0.4, -0.2) is 7.11 Å². The third-order valence-electron chi connectivity index (χ3n) is 3.93. The minimum absolute atomic E-state index is 0.0968. The van der Waals surface area contributed by atoms with Gasteiger partial charge in [0.15, 0.2) is 0 Å². The van der Waals surface area contributed by atoms with Crippen molar-refractivity contribution in [3.63, 3.8) is 0 Å². The van der Waals surface area contributed by atoms with Crippen LogP contribution in [0, 0.1) is 5.82 Å². The van der Waals surface area contributed by atoms with Gasteiger partial charge in [0.25, 0.3) is 0 Å². The van der Waals surface area contributed by atoms with Crippen molar-refractivity contribution < 1.29 is 9.13 Å². The number of benzene rings is 2. The molecule has 0 aliphatic heterocycles. The monoisotopic (exact) mass is 305 g/mol. The lowest BCUT2D eigenvalue weighted by Gasteiger charge is -2.28. The highest BCUT2D eigenvalue weighted by Gasteiger charge is 2.21. The first kappa shape index (κ1) is 14.2. The van der Waals surface area contributed by atoms with Gasteiger partial charge in [0.05, 0.1) is 18.8 Å².